The van der Waals surface area contributed by atoms with Gasteiger partial charge < -0.3 is 19.7 Å². The molecule has 2 saturated carbocycles. The Bertz CT molecular complexity index is 650. The van der Waals surface area contributed by atoms with Crippen LogP contribution < -0.4 is 0 Å². The van der Waals surface area contributed by atoms with E-state index < -0.39 is 36.8 Å². The molecule has 6 nitrogen and oxygen atoms in total. The standard InChI is InChI=1S/C19H24O6/c1-8-5-14(24-18(22)9(2)7-20)16-11(4)19(23)25-17(16)15-10(3)13(21)6-12(8)15/h11-17,20-21H,1-3,5-7H2,4H3/t11-,12-,13-,14-,15-,16+,17+/m0/s1. The van der Waals surface area contributed by atoms with E-state index in [1.165, 1.54) is 0 Å². The van der Waals surface area contributed by atoms with E-state index in [2.05, 4.69) is 19.7 Å². The highest BCUT2D eigenvalue weighted by Gasteiger charge is 2.57. The fourth-order valence-electron chi connectivity index (χ4n) is 4.44. The minimum Gasteiger partial charge on any atom is -0.461 e. The number of aliphatic hydroxyl groups is 2. The maximum Gasteiger partial charge on any atom is 0.336 e. The van der Waals surface area contributed by atoms with Gasteiger partial charge in [-0.15, -0.1) is 0 Å². The number of ether oxygens (including phenoxy) is 2. The van der Waals surface area contributed by atoms with Gasteiger partial charge >= 0.3 is 11.9 Å². The van der Waals surface area contributed by atoms with E-state index >= 15 is 0 Å². The highest BCUT2D eigenvalue weighted by atomic mass is 16.6. The normalized spacial score (nSPS) is 40.1. The minimum atomic E-state index is -0.684. The molecule has 0 aromatic rings. The van der Waals surface area contributed by atoms with Crippen LogP contribution in [-0.2, 0) is 19.1 Å². The van der Waals surface area contributed by atoms with Crippen molar-refractivity contribution in [2.45, 2.75) is 38.1 Å². The third kappa shape index (κ3) is 2.83. The molecule has 2 N–H and O–H groups in total. The number of carbonyl (C=O) groups is 2. The van der Waals surface area contributed by atoms with Crippen molar-refractivity contribution < 1.29 is 29.3 Å². The molecule has 0 amide bonds. The van der Waals surface area contributed by atoms with E-state index in [9.17, 15) is 14.7 Å². The average molecular weight is 348 g/mol. The lowest BCUT2D eigenvalue weighted by molar-refractivity contribution is -0.149. The molecule has 6 heteroatoms. The first-order valence-corrected chi connectivity index (χ1v) is 8.50. The summed E-state index contributed by atoms with van der Waals surface area (Å²) in [6, 6.07) is 0. The van der Waals surface area contributed by atoms with Gasteiger partial charge in [-0.1, -0.05) is 32.2 Å². The van der Waals surface area contributed by atoms with E-state index in [0.717, 1.165) is 5.57 Å². The van der Waals surface area contributed by atoms with Crippen LogP contribution in [0.15, 0.2) is 36.5 Å². The molecule has 3 aliphatic rings. The lowest BCUT2D eigenvalue weighted by Gasteiger charge is -2.29. The molecule has 0 bridgehead atoms. The topological polar surface area (TPSA) is 93.1 Å². The minimum absolute atomic E-state index is 0.0377. The molecule has 0 aromatic carbocycles. The largest absolute Gasteiger partial charge is 0.461 e. The first kappa shape index (κ1) is 17.9. The van der Waals surface area contributed by atoms with Gasteiger partial charge in [-0.2, -0.15) is 0 Å². The van der Waals surface area contributed by atoms with Crippen LogP contribution in [0.5, 0.6) is 0 Å². The number of aliphatic hydroxyl groups excluding tert-OH is 2. The molecule has 2 aliphatic carbocycles. The molecule has 0 spiro atoms. The molecule has 136 valence electrons. The van der Waals surface area contributed by atoms with Crippen LogP contribution in [0.2, 0.25) is 0 Å². The fourth-order valence-corrected chi connectivity index (χ4v) is 4.44. The molecule has 1 aliphatic heterocycles. The first-order chi connectivity index (χ1) is 11.8. The predicted octanol–water partition coefficient (Wildman–Crippen LogP) is 1.14. The van der Waals surface area contributed by atoms with Gasteiger partial charge in [0.25, 0.3) is 0 Å². The molecular formula is C19H24O6. The Labute approximate surface area is 146 Å². The zero-order valence-corrected chi connectivity index (χ0v) is 14.3. The molecular weight excluding hydrogens is 324 g/mol. The summed E-state index contributed by atoms with van der Waals surface area (Å²) in [5.74, 6) is -2.09. The van der Waals surface area contributed by atoms with Crippen molar-refractivity contribution in [3.8, 4) is 0 Å². The summed E-state index contributed by atoms with van der Waals surface area (Å²) in [5, 5.41) is 19.3. The molecule has 0 unspecified atom stereocenters. The molecule has 7 atom stereocenters. The Balaban J connectivity index is 1.95. The van der Waals surface area contributed by atoms with Gasteiger partial charge in [0, 0.05) is 18.3 Å². The van der Waals surface area contributed by atoms with Gasteiger partial charge in [-0.25, -0.2) is 4.79 Å². The van der Waals surface area contributed by atoms with Crippen molar-refractivity contribution in [1.29, 1.82) is 0 Å². The number of fused-ring (bicyclic) bond motifs is 3. The maximum absolute atomic E-state index is 12.2. The van der Waals surface area contributed by atoms with Crippen LogP contribution in [0, 0.1) is 23.7 Å². The Kier molecular flexibility index (Phi) is 4.60. The van der Waals surface area contributed by atoms with Crippen molar-refractivity contribution >= 4 is 11.9 Å². The summed E-state index contributed by atoms with van der Waals surface area (Å²) in [6.07, 6.45) is -0.868. The number of hydrogen-bond donors (Lipinski definition) is 2. The van der Waals surface area contributed by atoms with Crippen molar-refractivity contribution in [3.05, 3.63) is 36.5 Å². The van der Waals surface area contributed by atoms with Crippen LogP contribution in [0.4, 0.5) is 0 Å². The molecule has 1 saturated heterocycles. The summed E-state index contributed by atoms with van der Waals surface area (Å²) < 4.78 is 11.2. The van der Waals surface area contributed by atoms with Gasteiger partial charge in [0.15, 0.2) is 0 Å². The van der Waals surface area contributed by atoms with E-state index in [-0.39, 0.29) is 29.3 Å². The molecule has 0 aromatic heterocycles. The lowest BCUT2D eigenvalue weighted by Crippen LogP contribution is -2.38. The van der Waals surface area contributed by atoms with E-state index in [1.54, 1.807) is 6.92 Å². The second-order valence-corrected chi connectivity index (χ2v) is 7.29. The summed E-state index contributed by atoms with van der Waals surface area (Å²) in [5.41, 5.74) is 1.46. The van der Waals surface area contributed by atoms with Gasteiger partial charge in [0.05, 0.1) is 24.2 Å². The summed E-state index contributed by atoms with van der Waals surface area (Å²) in [6.45, 7) is 12.9. The summed E-state index contributed by atoms with van der Waals surface area (Å²) >= 11 is 0. The molecule has 1 heterocycles. The van der Waals surface area contributed by atoms with E-state index in [4.69, 9.17) is 14.6 Å². The van der Waals surface area contributed by atoms with Crippen LogP contribution in [-0.4, -0.2) is 47.1 Å². The lowest BCUT2D eigenvalue weighted by atomic mass is 9.79. The molecule has 0 radical (unpaired) electrons. The van der Waals surface area contributed by atoms with Crippen LogP contribution >= 0.6 is 0 Å². The van der Waals surface area contributed by atoms with Gasteiger partial charge in [-0.05, 0) is 17.9 Å². The molecule has 3 rings (SSSR count). The number of esters is 2. The smallest absolute Gasteiger partial charge is 0.336 e. The van der Waals surface area contributed by atoms with Crippen molar-refractivity contribution in [3.63, 3.8) is 0 Å². The van der Waals surface area contributed by atoms with E-state index in [1.807, 2.05) is 0 Å². The van der Waals surface area contributed by atoms with Crippen molar-refractivity contribution in [2.24, 2.45) is 23.7 Å². The second kappa shape index (κ2) is 6.42. The first-order valence-electron chi connectivity index (χ1n) is 8.50. The zero-order chi connectivity index (χ0) is 18.5. The number of carbonyl (C=O) groups excluding carboxylic acids is 2. The van der Waals surface area contributed by atoms with Crippen LogP contribution in [0.1, 0.15) is 19.8 Å². The van der Waals surface area contributed by atoms with Crippen LogP contribution in [0.3, 0.4) is 0 Å². The highest BCUT2D eigenvalue weighted by Crippen LogP contribution is 2.52. The average Bonchev–Trinajstić information content (AvgIpc) is 2.99. The summed E-state index contributed by atoms with van der Waals surface area (Å²) in [7, 11) is 0. The second-order valence-electron chi connectivity index (χ2n) is 7.29. The predicted molar refractivity (Wildman–Crippen MR) is 89.1 cm³/mol. The third-order valence-corrected chi connectivity index (χ3v) is 5.86. The maximum atomic E-state index is 12.2. The molecule has 25 heavy (non-hydrogen) atoms. The Hall–Kier alpha value is -1.92. The highest BCUT2D eigenvalue weighted by molar-refractivity contribution is 5.88. The Morgan fingerprint density at radius 1 is 1.40 bits per heavy atom. The Morgan fingerprint density at radius 2 is 2.08 bits per heavy atom. The van der Waals surface area contributed by atoms with Crippen molar-refractivity contribution in [2.75, 3.05) is 6.61 Å². The van der Waals surface area contributed by atoms with Gasteiger partial charge in [0.2, 0.25) is 0 Å². The van der Waals surface area contributed by atoms with Gasteiger partial charge in [-0.3, -0.25) is 4.79 Å². The summed E-state index contributed by atoms with van der Waals surface area (Å²) in [4.78, 5) is 24.3. The van der Waals surface area contributed by atoms with Gasteiger partial charge in [0.1, 0.15) is 12.2 Å². The molecule has 3 fully saturated rings. The number of rotatable bonds is 3. The third-order valence-electron chi connectivity index (χ3n) is 5.86. The monoisotopic (exact) mass is 348 g/mol. The van der Waals surface area contributed by atoms with Crippen LogP contribution in [0.25, 0.3) is 0 Å². The zero-order valence-electron chi connectivity index (χ0n) is 14.3. The quantitative estimate of drug-likeness (QED) is 0.451. The van der Waals surface area contributed by atoms with Crippen molar-refractivity contribution in [1.82, 2.24) is 0 Å². The van der Waals surface area contributed by atoms with E-state index in [0.29, 0.717) is 18.4 Å². The Morgan fingerprint density at radius 3 is 2.72 bits per heavy atom. The number of hydrogen-bond acceptors (Lipinski definition) is 6. The fraction of sp³-hybridized carbons (Fsp3) is 0.579. The SMILES string of the molecule is C=C(CO)C(=O)O[C@H]1CC(=C)[C@@H]2C[C@H](O)C(=C)[C@@H]2[C@H]2OC(=O)[C@@H](C)[C@@H]21.